The molecule has 0 aliphatic carbocycles. The first-order chi connectivity index (χ1) is 10.2. The van der Waals surface area contributed by atoms with Crippen molar-refractivity contribution in [3.8, 4) is 0 Å². The smallest absolute Gasteiger partial charge is 0.335 e. The van der Waals surface area contributed by atoms with E-state index >= 15 is 0 Å². The maximum Gasteiger partial charge on any atom is 0.335 e. The Kier molecular flexibility index (Phi) is 2.58. The number of carbonyl (C=O) groups is 1. The molecule has 1 aromatic carbocycles. The van der Waals surface area contributed by atoms with Gasteiger partial charge in [0.25, 0.3) is 0 Å². The van der Waals surface area contributed by atoms with Crippen molar-refractivity contribution in [1.29, 1.82) is 0 Å². The van der Waals surface area contributed by atoms with Gasteiger partial charge in [-0.1, -0.05) is 0 Å². The molecule has 0 atom stereocenters. The van der Waals surface area contributed by atoms with Gasteiger partial charge < -0.3 is 9.67 Å². The molecular formula is C15H11N3O2S. The zero-order valence-corrected chi connectivity index (χ0v) is 11.7. The van der Waals surface area contributed by atoms with E-state index in [9.17, 15) is 4.79 Å². The lowest BCUT2D eigenvalue weighted by molar-refractivity contribution is 0.0697. The molecule has 0 amide bonds. The number of hydrogen-bond donors (Lipinski definition) is 1. The molecule has 6 heteroatoms. The summed E-state index contributed by atoms with van der Waals surface area (Å²) in [5.41, 5.74) is 2.31. The molecule has 5 nitrogen and oxygen atoms in total. The molecule has 4 rings (SSSR count). The lowest BCUT2D eigenvalue weighted by Gasteiger charge is -2.03. The number of carboxylic acids is 1. The SMILES string of the molecule is O=C(O)c1ccc2c(ccn2Cc2cn3ccsc3n2)c1. The van der Waals surface area contributed by atoms with Gasteiger partial charge in [0, 0.05) is 34.9 Å². The lowest BCUT2D eigenvalue weighted by atomic mass is 10.1. The molecule has 0 saturated heterocycles. The second-order valence-electron chi connectivity index (χ2n) is 4.85. The Morgan fingerprint density at radius 1 is 1.29 bits per heavy atom. The fourth-order valence-electron chi connectivity index (χ4n) is 2.50. The van der Waals surface area contributed by atoms with Crippen LogP contribution in [0, 0.1) is 0 Å². The fourth-order valence-corrected chi connectivity index (χ4v) is 3.22. The second-order valence-corrected chi connectivity index (χ2v) is 5.72. The summed E-state index contributed by atoms with van der Waals surface area (Å²) in [6, 6.07) is 7.10. The highest BCUT2D eigenvalue weighted by molar-refractivity contribution is 7.15. The van der Waals surface area contributed by atoms with Crippen LogP contribution in [0.15, 0.2) is 48.2 Å². The van der Waals surface area contributed by atoms with Crippen LogP contribution in [0.2, 0.25) is 0 Å². The summed E-state index contributed by atoms with van der Waals surface area (Å²) >= 11 is 1.61. The molecule has 3 aromatic heterocycles. The van der Waals surface area contributed by atoms with Crippen molar-refractivity contribution in [2.75, 3.05) is 0 Å². The molecule has 104 valence electrons. The number of thiazole rings is 1. The Hall–Kier alpha value is -2.60. The molecule has 4 aromatic rings. The van der Waals surface area contributed by atoms with Gasteiger partial charge in [-0.05, 0) is 24.3 Å². The molecule has 21 heavy (non-hydrogen) atoms. The Balaban J connectivity index is 1.73. The minimum atomic E-state index is -0.904. The highest BCUT2D eigenvalue weighted by Crippen LogP contribution is 2.20. The molecule has 0 spiro atoms. The van der Waals surface area contributed by atoms with Crippen LogP contribution in [0.25, 0.3) is 15.9 Å². The van der Waals surface area contributed by atoms with Crippen LogP contribution < -0.4 is 0 Å². The summed E-state index contributed by atoms with van der Waals surface area (Å²) in [5, 5.41) is 12.0. The first-order valence-corrected chi connectivity index (χ1v) is 7.32. The minimum Gasteiger partial charge on any atom is -0.478 e. The summed E-state index contributed by atoms with van der Waals surface area (Å²) in [7, 11) is 0. The van der Waals surface area contributed by atoms with Crippen LogP contribution in [0.5, 0.6) is 0 Å². The van der Waals surface area contributed by atoms with E-state index in [4.69, 9.17) is 5.11 Å². The van der Waals surface area contributed by atoms with Crippen molar-refractivity contribution in [3.63, 3.8) is 0 Å². The predicted octanol–water partition coefficient (Wildman–Crippen LogP) is 3.10. The molecule has 0 radical (unpaired) electrons. The Labute approximate surface area is 123 Å². The lowest BCUT2D eigenvalue weighted by Crippen LogP contribution is -1.99. The van der Waals surface area contributed by atoms with Gasteiger partial charge in [0.05, 0.1) is 17.8 Å². The van der Waals surface area contributed by atoms with Crippen LogP contribution in [-0.4, -0.2) is 25.0 Å². The highest BCUT2D eigenvalue weighted by Gasteiger charge is 2.08. The van der Waals surface area contributed by atoms with E-state index in [0.717, 1.165) is 21.6 Å². The van der Waals surface area contributed by atoms with Gasteiger partial charge in [-0.2, -0.15) is 0 Å². The molecule has 0 aliphatic rings. The van der Waals surface area contributed by atoms with Crippen molar-refractivity contribution in [3.05, 3.63) is 59.5 Å². The summed E-state index contributed by atoms with van der Waals surface area (Å²) in [4.78, 5) is 16.5. The summed E-state index contributed by atoms with van der Waals surface area (Å²) in [6.45, 7) is 0.671. The van der Waals surface area contributed by atoms with E-state index < -0.39 is 5.97 Å². The first-order valence-electron chi connectivity index (χ1n) is 6.44. The first kappa shape index (κ1) is 12.2. The number of fused-ring (bicyclic) bond motifs is 2. The van der Waals surface area contributed by atoms with Crippen LogP contribution in [0.3, 0.4) is 0 Å². The monoisotopic (exact) mass is 297 g/mol. The van der Waals surface area contributed by atoms with Crippen molar-refractivity contribution in [1.82, 2.24) is 14.0 Å². The van der Waals surface area contributed by atoms with Gasteiger partial charge in [0.15, 0.2) is 4.96 Å². The number of nitrogens with zero attached hydrogens (tertiary/aromatic N) is 3. The van der Waals surface area contributed by atoms with Gasteiger partial charge in [0.1, 0.15) is 0 Å². The standard InChI is InChI=1S/C15H11N3O2S/c19-14(20)11-1-2-13-10(7-11)3-4-17(13)8-12-9-18-5-6-21-15(18)16-12/h1-7,9H,8H2,(H,19,20). The van der Waals surface area contributed by atoms with Crippen LogP contribution in [0.1, 0.15) is 16.1 Å². The molecule has 0 fully saturated rings. The normalized spacial score (nSPS) is 11.4. The third-order valence-electron chi connectivity index (χ3n) is 3.49. The van der Waals surface area contributed by atoms with Crippen LogP contribution in [-0.2, 0) is 6.54 Å². The summed E-state index contributed by atoms with van der Waals surface area (Å²) < 4.78 is 4.08. The van der Waals surface area contributed by atoms with Gasteiger partial charge in [-0.25, -0.2) is 9.78 Å². The predicted molar refractivity (Wildman–Crippen MR) is 81.1 cm³/mol. The number of aromatic nitrogens is 3. The second kappa shape index (κ2) is 4.46. The van der Waals surface area contributed by atoms with Crippen LogP contribution in [0.4, 0.5) is 0 Å². The van der Waals surface area contributed by atoms with Crippen molar-refractivity contribution in [2.24, 2.45) is 0 Å². The number of benzene rings is 1. The molecule has 0 unspecified atom stereocenters. The van der Waals surface area contributed by atoms with E-state index in [1.807, 2.05) is 40.5 Å². The van der Waals surface area contributed by atoms with E-state index in [0.29, 0.717) is 12.1 Å². The van der Waals surface area contributed by atoms with Gasteiger partial charge in [0.2, 0.25) is 0 Å². The largest absolute Gasteiger partial charge is 0.478 e. The summed E-state index contributed by atoms with van der Waals surface area (Å²) in [5.74, 6) is -0.904. The van der Waals surface area contributed by atoms with Crippen molar-refractivity contribution < 1.29 is 9.90 Å². The van der Waals surface area contributed by atoms with Gasteiger partial charge in [-0.15, -0.1) is 11.3 Å². The van der Waals surface area contributed by atoms with Crippen molar-refractivity contribution >= 4 is 33.2 Å². The minimum absolute atomic E-state index is 0.308. The average Bonchev–Trinajstić information content (AvgIpc) is 3.13. The average molecular weight is 297 g/mol. The van der Waals surface area contributed by atoms with Crippen LogP contribution >= 0.6 is 11.3 Å². The van der Waals surface area contributed by atoms with E-state index in [2.05, 4.69) is 9.55 Å². The number of aromatic carboxylic acids is 1. The number of rotatable bonds is 3. The zero-order valence-electron chi connectivity index (χ0n) is 10.9. The van der Waals surface area contributed by atoms with E-state index in [1.165, 1.54) is 0 Å². The van der Waals surface area contributed by atoms with E-state index in [1.54, 1.807) is 23.5 Å². The quantitative estimate of drug-likeness (QED) is 0.632. The summed E-state index contributed by atoms with van der Waals surface area (Å²) in [6.07, 6.45) is 5.97. The zero-order chi connectivity index (χ0) is 14.4. The van der Waals surface area contributed by atoms with Crippen molar-refractivity contribution in [2.45, 2.75) is 6.54 Å². The molecule has 1 N–H and O–H groups in total. The van der Waals surface area contributed by atoms with Gasteiger partial charge >= 0.3 is 5.97 Å². The fraction of sp³-hybridized carbons (Fsp3) is 0.0667. The molecule has 3 heterocycles. The molecule has 0 aliphatic heterocycles. The Morgan fingerprint density at radius 2 is 2.19 bits per heavy atom. The maximum atomic E-state index is 11.0. The molecule has 0 saturated carbocycles. The molecule has 0 bridgehead atoms. The third-order valence-corrected chi connectivity index (χ3v) is 4.26. The topological polar surface area (TPSA) is 59.5 Å². The Bertz CT molecular complexity index is 935. The molecular weight excluding hydrogens is 286 g/mol. The number of carboxylic acid groups (broad SMARTS) is 1. The van der Waals surface area contributed by atoms with Gasteiger partial charge in [-0.3, -0.25) is 4.40 Å². The highest BCUT2D eigenvalue weighted by atomic mass is 32.1. The number of hydrogen-bond acceptors (Lipinski definition) is 3. The maximum absolute atomic E-state index is 11.0. The third kappa shape index (κ3) is 2.00. The number of imidazole rings is 1. The Morgan fingerprint density at radius 3 is 3.00 bits per heavy atom. The van der Waals surface area contributed by atoms with E-state index in [-0.39, 0.29) is 0 Å².